The van der Waals surface area contributed by atoms with E-state index in [0.29, 0.717) is 25.7 Å². The Hall–Kier alpha value is -3.74. The van der Waals surface area contributed by atoms with Crippen molar-refractivity contribution in [2.24, 2.45) is 0 Å². The van der Waals surface area contributed by atoms with Crippen LogP contribution in [0.5, 0.6) is 0 Å². The second-order valence-corrected chi connectivity index (χ2v) is 6.70. The van der Waals surface area contributed by atoms with Gasteiger partial charge in [-0.3, -0.25) is 4.90 Å². The van der Waals surface area contributed by atoms with E-state index in [2.05, 4.69) is 54.3 Å². The van der Waals surface area contributed by atoms with Crippen molar-refractivity contribution in [3.05, 3.63) is 90.5 Å². The van der Waals surface area contributed by atoms with Gasteiger partial charge in [-0.1, -0.05) is 47.7 Å². The zero-order chi connectivity index (χ0) is 18.8. The lowest BCUT2D eigenvalue weighted by Gasteiger charge is -2.19. The van der Waals surface area contributed by atoms with Crippen LogP contribution in [-0.4, -0.2) is 31.6 Å². The first-order chi connectivity index (χ1) is 13.9. The molecule has 0 saturated carbocycles. The third-order valence-corrected chi connectivity index (χ3v) is 4.75. The minimum Gasteiger partial charge on any atom is -0.346 e. The molecule has 7 nitrogen and oxygen atoms in total. The molecule has 2 aromatic carbocycles. The number of para-hydroxylation sites is 2. The van der Waals surface area contributed by atoms with Crippen LogP contribution in [0.15, 0.2) is 79.3 Å². The summed E-state index contributed by atoms with van der Waals surface area (Å²) in [5.41, 5.74) is 4.39. The van der Waals surface area contributed by atoms with Crippen molar-refractivity contribution in [2.45, 2.75) is 13.1 Å². The van der Waals surface area contributed by atoms with Crippen LogP contribution in [0.4, 0.5) is 17.3 Å². The van der Waals surface area contributed by atoms with Gasteiger partial charge in [-0.15, -0.1) is 5.10 Å². The minimum atomic E-state index is 0.676. The van der Waals surface area contributed by atoms with Crippen LogP contribution >= 0.6 is 0 Å². The molecule has 0 amide bonds. The Labute approximate surface area is 162 Å². The number of anilines is 3. The van der Waals surface area contributed by atoms with E-state index in [1.807, 2.05) is 47.3 Å². The molecule has 5 rings (SSSR count). The van der Waals surface area contributed by atoms with Gasteiger partial charge < -0.3 is 4.90 Å². The maximum atomic E-state index is 4.41. The Morgan fingerprint density at radius 2 is 1.54 bits per heavy atom. The number of aromatic nitrogens is 5. The van der Waals surface area contributed by atoms with E-state index in [4.69, 9.17) is 0 Å². The van der Waals surface area contributed by atoms with Gasteiger partial charge in [0.15, 0.2) is 0 Å². The molecule has 0 radical (unpaired) electrons. The summed E-state index contributed by atoms with van der Waals surface area (Å²) < 4.78 is 1.88. The minimum absolute atomic E-state index is 0.676. The fourth-order valence-electron chi connectivity index (χ4n) is 3.47. The van der Waals surface area contributed by atoms with E-state index in [1.54, 1.807) is 12.4 Å². The van der Waals surface area contributed by atoms with Gasteiger partial charge in [-0.2, -0.15) is 0 Å². The van der Waals surface area contributed by atoms with Crippen molar-refractivity contribution in [2.75, 3.05) is 16.5 Å². The molecular formula is C21H19N7. The van der Waals surface area contributed by atoms with E-state index < -0.39 is 0 Å². The lowest BCUT2D eigenvalue weighted by Crippen LogP contribution is -2.28. The standard InChI is InChI=1S/C21H19N7/c1-2-7-17(8-3-1)13-27-15-18(24-25-27)14-26-16-28(21-22-11-6-12-23-21)20-10-5-4-9-19(20)26/h1-12,15H,13-14,16H2. The highest BCUT2D eigenvalue weighted by Crippen LogP contribution is 2.39. The van der Waals surface area contributed by atoms with E-state index in [1.165, 1.54) is 5.56 Å². The van der Waals surface area contributed by atoms with Crippen LogP contribution in [0.2, 0.25) is 0 Å². The number of hydrogen-bond acceptors (Lipinski definition) is 6. The Balaban J connectivity index is 1.36. The molecular weight excluding hydrogens is 350 g/mol. The van der Waals surface area contributed by atoms with Gasteiger partial charge in [-0.25, -0.2) is 14.6 Å². The van der Waals surface area contributed by atoms with Crippen molar-refractivity contribution in [1.82, 2.24) is 25.0 Å². The summed E-state index contributed by atoms with van der Waals surface area (Å²) in [6, 6.07) is 20.4. The van der Waals surface area contributed by atoms with Crippen LogP contribution in [0, 0.1) is 0 Å². The van der Waals surface area contributed by atoms with Crippen molar-refractivity contribution < 1.29 is 0 Å². The number of benzene rings is 2. The van der Waals surface area contributed by atoms with Crippen LogP contribution in [0.25, 0.3) is 0 Å². The average molecular weight is 369 g/mol. The fraction of sp³-hybridized carbons (Fsp3) is 0.143. The molecule has 7 heteroatoms. The van der Waals surface area contributed by atoms with Gasteiger partial charge >= 0.3 is 0 Å². The SMILES string of the molecule is c1ccc(Cn2cc(CN3CN(c4ncccn4)c4ccccc43)nn2)cc1. The highest BCUT2D eigenvalue weighted by Gasteiger charge is 2.28. The van der Waals surface area contributed by atoms with Gasteiger partial charge in [0.25, 0.3) is 0 Å². The zero-order valence-electron chi connectivity index (χ0n) is 15.3. The molecule has 0 spiro atoms. The van der Waals surface area contributed by atoms with Crippen molar-refractivity contribution >= 4 is 17.3 Å². The van der Waals surface area contributed by atoms with Crippen LogP contribution in [-0.2, 0) is 13.1 Å². The van der Waals surface area contributed by atoms with Crippen molar-refractivity contribution in [3.63, 3.8) is 0 Å². The highest BCUT2D eigenvalue weighted by atomic mass is 15.4. The molecule has 0 bridgehead atoms. The van der Waals surface area contributed by atoms with Crippen molar-refractivity contribution in [1.29, 1.82) is 0 Å². The second kappa shape index (κ2) is 7.11. The third kappa shape index (κ3) is 3.18. The van der Waals surface area contributed by atoms with Crippen LogP contribution < -0.4 is 9.80 Å². The summed E-state index contributed by atoms with van der Waals surface area (Å²) >= 11 is 0. The van der Waals surface area contributed by atoms with Gasteiger partial charge in [0.1, 0.15) is 5.69 Å². The Morgan fingerprint density at radius 3 is 2.36 bits per heavy atom. The first kappa shape index (κ1) is 16.4. The Bertz CT molecular complexity index is 1060. The molecule has 28 heavy (non-hydrogen) atoms. The molecule has 0 atom stereocenters. The van der Waals surface area contributed by atoms with E-state index in [0.717, 1.165) is 17.1 Å². The maximum absolute atomic E-state index is 4.41. The topological polar surface area (TPSA) is 63.0 Å². The van der Waals surface area contributed by atoms with E-state index in [9.17, 15) is 0 Å². The molecule has 2 aromatic heterocycles. The molecule has 3 heterocycles. The summed E-state index contributed by atoms with van der Waals surface area (Å²) in [5, 5.41) is 8.66. The van der Waals surface area contributed by atoms with Gasteiger partial charge in [-0.05, 0) is 23.8 Å². The van der Waals surface area contributed by atoms with Gasteiger partial charge in [0.2, 0.25) is 5.95 Å². The monoisotopic (exact) mass is 369 g/mol. The highest BCUT2D eigenvalue weighted by molar-refractivity contribution is 5.80. The third-order valence-electron chi connectivity index (χ3n) is 4.75. The van der Waals surface area contributed by atoms with E-state index in [-0.39, 0.29) is 0 Å². The quantitative estimate of drug-likeness (QED) is 0.538. The van der Waals surface area contributed by atoms with Gasteiger partial charge in [0.05, 0.1) is 37.3 Å². The molecule has 0 N–H and O–H groups in total. The molecule has 0 unspecified atom stereocenters. The predicted molar refractivity (Wildman–Crippen MR) is 107 cm³/mol. The number of hydrogen-bond donors (Lipinski definition) is 0. The molecule has 0 fully saturated rings. The first-order valence-corrected chi connectivity index (χ1v) is 9.18. The molecule has 138 valence electrons. The van der Waals surface area contributed by atoms with Crippen LogP contribution in [0.1, 0.15) is 11.3 Å². The first-order valence-electron chi connectivity index (χ1n) is 9.18. The average Bonchev–Trinajstić information content (AvgIpc) is 3.34. The predicted octanol–water partition coefficient (Wildman–Crippen LogP) is 3.23. The summed E-state index contributed by atoms with van der Waals surface area (Å²) in [6.45, 7) is 2.07. The summed E-state index contributed by atoms with van der Waals surface area (Å²) in [7, 11) is 0. The maximum Gasteiger partial charge on any atom is 0.231 e. The summed E-state index contributed by atoms with van der Waals surface area (Å²) in [5.74, 6) is 0.699. The lowest BCUT2D eigenvalue weighted by molar-refractivity contribution is 0.649. The Morgan fingerprint density at radius 1 is 0.786 bits per heavy atom. The molecule has 1 aliphatic rings. The molecule has 0 saturated heterocycles. The second-order valence-electron chi connectivity index (χ2n) is 6.70. The van der Waals surface area contributed by atoms with Crippen molar-refractivity contribution in [3.8, 4) is 0 Å². The summed E-state index contributed by atoms with van der Waals surface area (Å²) in [4.78, 5) is 13.2. The lowest BCUT2D eigenvalue weighted by atomic mass is 10.2. The number of nitrogens with zero attached hydrogens (tertiary/aromatic N) is 7. The molecule has 1 aliphatic heterocycles. The van der Waals surface area contributed by atoms with E-state index >= 15 is 0 Å². The smallest absolute Gasteiger partial charge is 0.231 e. The Kier molecular flexibility index (Phi) is 4.17. The fourth-order valence-corrected chi connectivity index (χ4v) is 3.47. The normalized spacial score (nSPS) is 13.0. The summed E-state index contributed by atoms with van der Waals surface area (Å²) in [6.07, 6.45) is 5.54. The van der Waals surface area contributed by atoms with Gasteiger partial charge in [0, 0.05) is 12.4 Å². The largest absolute Gasteiger partial charge is 0.346 e. The molecule has 4 aromatic rings. The zero-order valence-corrected chi connectivity index (χ0v) is 15.3. The number of rotatable bonds is 5. The number of fused-ring (bicyclic) bond motifs is 1. The van der Waals surface area contributed by atoms with Crippen LogP contribution in [0.3, 0.4) is 0 Å². The molecule has 0 aliphatic carbocycles.